The molecule has 4 saturated carbocycles. The molecule has 722 valence electrons. The number of benzene rings is 7. The van der Waals surface area contributed by atoms with Gasteiger partial charge in [-0.2, -0.15) is 0 Å². The number of ether oxygens (including phenoxy) is 1. The van der Waals surface area contributed by atoms with Crippen molar-refractivity contribution in [2.45, 2.75) is 171 Å². The number of anilines is 3. The fourth-order valence-corrected chi connectivity index (χ4v) is 25.8. The summed E-state index contributed by atoms with van der Waals surface area (Å²) >= 11 is 4.42. The summed E-state index contributed by atoms with van der Waals surface area (Å²) in [6, 6.07) is 58.9. The van der Waals surface area contributed by atoms with Gasteiger partial charge in [0.1, 0.15) is 76.1 Å². The maximum absolute atomic E-state index is 13.3. The Labute approximate surface area is 825 Å². The number of aliphatic hydroxyl groups excluding tert-OH is 1. The first kappa shape index (κ1) is 103. The summed E-state index contributed by atoms with van der Waals surface area (Å²) in [6.07, 6.45) is 33.6. The molecule has 0 amide bonds. The van der Waals surface area contributed by atoms with Crippen molar-refractivity contribution in [2.24, 2.45) is 45.3 Å². The molecule has 7 aromatic heterocycles. The van der Waals surface area contributed by atoms with Gasteiger partial charge < -0.3 is 66.5 Å². The second-order valence-corrected chi connectivity index (χ2v) is 42.9. The molecular weight excluding hydrogens is 1840 g/mol. The van der Waals surface area contributed by atoms with E-state index in [1.165, 1.54) is 124 Å². The number of aldehydes is 1. The molecular formula is C108H123ClF4N17O4PS3. The third-order valence-corrected chi connectivity index (χ3v) is 34.8. The van der Waals surface area contributed by atoms with Crippen LogP contribution in [0.3, 0.4) is 0 Å². The number of hydrogen-bond acceptors (Lipinski definition) is 20. The van der Waals surface area contributed by atoms with Gasteiger partial charge in [-0.3, -0.25) is 0 Å². The highest BCUT2D eigenvalue weighted by Gasteiger charge is 2.48. The lowest BCUT2D eigenvalue weighted by Crippen LogP contribution is -3.00. The van der Waals surface area contributed by atoms with E-state index in [0.29, 0.717) is 29.3 Å². The number of nitrogens with zero attached hydrogens (tertiary/aromatic N) is 14. The Bertz CT molecular complexity index is 6120. The highest BCUT2D eigenvalue weighted by Crippen LogP contribution is 2.57. The van der Waals surface area contributed by atoms with Gasteiger partial charge in [-0.1, -0.05) is 153 Å². The summed E-state index contributed by atoms with van der Waals surface area (Å²) in [6.45, 7) is 19.1. The minimum atomic E-state index is -1.53. The van der Waals surface area contributed by atoms with Gasteiger partial charge in [-0.15, -0.1) is 30.6 Å². The summed E-state index contributed by atoms with van der Waals surface area (Å²) in [5.74, 6) is 0.776. The van der Waals surface area contributed by atoms with Crippen molar-refractivity contribution in [2.75, 3.05) is 43.2 Å². The van der Waals surface area contributed by atoms with Crippen LogP contribution in [0.2, 0.25) is 0 Å². The number of rotatable bonds is 19. The molecule has 0 bridgehead atoms. The first-order valence-electron chi connectivity index (χ1n) is 46.2. The zero-order valence-corrected chi connectivity index (χ0v) is 81.4. The Morgan fingerprint density at radius 3 is 1.04 bits per heavy atom. The van der Waals surface area contributed by atoms with Crippen molar-refractivity contribution in [3.63, 3.8) is 0 Å². The van der Waals surface area contributed by atoms with E-state index >= 15 is 0 Å². The SMILES string of the molecule is C.C.C=O.COC(O)C[C@H]1CCCC2=Cc3c(-c4ccc(F)cc4)ncn3C[C@@]21C.C[C@]12Cn3cnc(-c4ccc(F)cc4)c3C=C1CCC[C@@H]2C=O.C[C@]12Cn3cnc(-c4ccc(F)cc4)c3C=C1CCC[C@@H]2CCNc1nncs1.C[C@]12Cn3cnc(-c4ccc(F)cc4)c3C=C1CCC[C@@H]2CCNc1nncs1.C[P+](c1ccccc1)(c1ccccc1)c1ccccc1.Nc1nncs1.[Cl-]. The molecule has 0 spiro atoms. The number of carbonyl (C=O) groups is 2. The number of nitrogen functional groups attached to an aromatic ring is 1. The van der Waals surface area contributed by atoms with Crippen molar-refractivity contribution in [1.82, 2.24) is 68.8 Å². The fraction of sp³-hybridized carbons (Fsp3) is 0.352. The van der Waals surface area contributed by atoms with E-state index in [1.54, 1.807) is 70.6 Å². The van der Waals surface area contributed by atoms with Crippen LogP contribution in [0, 0.1) is 68.6 Å². The van der Waals surface area contributed by atoms with Crippen LogP contribution in [0.25, 0.3) is 69.3 Å². The summed E-state index contributed by atoms with van der Waals surface area (Å²) < 4.78 is 67.0. The molecule has 4 aliphatic carbocycles. The Kier molecular flexibility index (Phi) is 35.0. The molecule has 21 nitrogen and oxygen atoms in total. The average Bonchev–Trinajstić information content (AvgIpc) is 1.55. The van der Waals surface area contributed by atoms with Gasteiger partial charge in [0, 0.05) is 103 Å². The number of imidazole rings is 4. The minimum Gasteiger partial charge on any atom is -1.00 e. The van der Waals surface area contributed by atoms with Crippen LogP contribution < -0.4 is 44.7 Å². The van der Waals surface area contributed by atoms with Gasteiger partial charge in [-0.05, 0) is 265 Å². The highest BCUT2D eigenvalue weighted by molar-refractivity contribution is 7.95. The van der Waals surface area contributed by atoms with Gasteiger partial charge in [0.2, 0.25) is 15.4 Å². The minimum absolute atomic E-state index is 0. The van der Waals surface area contributed by atoms with E-state index in [9.17, 15) is 27.5 Å². The molecule has 1 unspecified atom stereocenters. The molecule has 4 fully saturated rings. The molecule has 0 saturated heterocycles. The van der Waals surface area contributed by atoms with Crippen molar-refractivity contribution in [3.8, 4) is 45.0 Å². The smallest absolute Gasteiger partial charge is 0.205 e. The Morgan fingerprint density at radius 2 is 0.754 bits per heavy atom. The van der Waals surface area contributed by atoms with E-state index < -0.39 is 13.6 Å². The van der Waals surface area contributed by atoms with Crippen molar-refractivity contribution < 1.29 is 49.4 Å². The van der Waals surface area contributed by atoms with Crippen LogP contribution in [0.15, 0.2) is 252 Å². The third kappa shape index (κ3) is 22.8. The molecule has 14 aromatic rings. The lowest BCUT2D eigenvalue weighted by molar-refractivity contribution is -0.115. The van der Waals surface area contributed by atoms with Gasteiger partial charge in [-0.25, -0.2) is 37.5 Å². The highest BCUT2D eigenvalue weighted by atomic mass is 35.5. The molecule has 7 aromatic carbocycles. The van der Waals surface area contributed by atoms with Crippen LogP contribution in [0.5, 0.6) is 0 Å². The Morgan fingerprint density at radius 1 is 0.457 bits per heavy atom. The van der Waals surface area contributed by atoms with Crippen LogP contribution >= 0.6 is 41.3 Å². The van der Waals surface area contributed by atoms with E-state index in [-0.39, 0.29) is 78.1 Å². The zero-order chi connectivity index (χ0) is 94.3. The predicted molar refractivity (Wildman–Crippen MR) is 550 cm³/mol. The Balaban J connectivity index is 0.000000142. The number of allylic oxidation sites excluding steroid dienone is 4. The lowest BCUT2D eigenvalue weighted by Gasteiger charge is -2.46. The number of aromatic nitrogens is 14. The normalized spacial score (nSPS) is 21.1. The Hall–Kier alpha value is -11.9. The number of carbonyl (C=O) groups excluding carboxylic acids is 2. The van der Waals surface area contributed by atoms with Gasteiger partial charge in [0.15, 0.2) is 6.29 Å². The van der Waals surface area contributed by atoms with Crippen LogP contribution in [0.4, 0.5) is 33.0 Å². The monoisotopic (exact) mass is 1960 g/mol. The first-order chi connectivity index (χ1) is 65.6. The van der Waals surface area contributed by atoms with Gasteiger partial charge in [0.25, 0.3) is 0 Å². The fourth-order valence-electron chi connectivity index (χ4n) is 21.4. The largest absolute Gasteiger partial charge is 1.00 e. The summed E-state index contributed by atoms with van der Waals surface area (Å²) in [4.78, 5) is 38.0. The average molecular weight is 1960 g/mol. The van der Waals surface area contributed by atoms with Gasteiger partial charge in [0.05, 0.1) is 77.5 Å². The number of aliphatic hydroxyl groups is 1. The van der Waals surface area contributed by atoms with Gasteiger partial charge >= 0.3 is 0 Å². The molecule has 9 atom stereocenters. The number of nitrogens with two attached hydrogens (primary N) is 1. The molecule has 4 aliphatic heterocycles. The van der Waals surface area contributed by atoms with Crippen LogP contribution in [-0.2, 0) is 40.5 Å². The van der Waals surface area contributed by atoms with Crippen molar-refractivity contribution in [1.29, 1.82) is 0 Å². The molecule has 8 aliphatic rings. The van der Waals surface area contributed by atoms with E-state index in [0.717, 1.165) is 188 Å². The third-order valence-electron chi connectivity index (χ3n) is 29.0. The lowest BCUT2D eigenvalue weighted by atomic mass is 9.62. The number of methoxy groups -OCH3 is 1. The first-order valence-corrected chi connectivity index (χ1v) is 51.1. The second-order valence-electron chi connectivity index (χ2n) is 36.8. The molecule has 30 heteroatoms. The standard InChI is InChI=1S/2C22H24FN5S.C21H25FN2O2.C19H19FN2O.C19H18P.C2H3N3S.CH2O.2CH4.ClH/c2*1-22-12-28-13-25-20(15-5-7-18(23)8-6-15)19(28)11-17(22)4-2-3-16(22)9-10-24-21-27-26-14-29-21;1-21-12-24-13-23-20(14-6-8-17(22)9-7-14)18(24)10-15(21)4-3-5-16(21)11-19(25)26-2;1-19-11-22-12-21-18(13-5-7-16(20)8-6-13)17(22)9-14(19)3-2-4-15(19)10-23;1-20(17-11-5-2-6-12-17,18-13-7-3-8-14-18)19-15-9-4-10-16-19;3-2-5-4-1-6-2;1-2;;;/h2*5-8,11,13-14,16H,2-4,9-10,12H2,1H3,(H,24,27);6-10,13,16,19,25H,3-5,11-12H2,1-2H3;5-10,12,15H,2-4,11H2,1H3;2-16H,1H3;1H,(H2,3,5);1H2;2*1H4;1H/q;;;;+1;;;;;/p-1/t2*16-,22-;16-,19?,21+;15-,19+;;;;;;/m1111....../s1. The van der Waals surface area contributed by atoms with E-state index in [1.807, 2.05) is 56.4 Å². The van der Waals surface area contributed by atoms with Crippen LogP contribution in [-0.4, -0.2) is 120 Å². The maximum Gasteiger partial charge on any atom is 0.205 e. The molecule has 11 heterocycles. The number of fused-ring (bicyclic) bond motifs is 8. The quantitative estimate of drug-likeness (QED) is 0.0254. The number of nitrogens with one attached hydrogen (secondary N) is 2. The number of hydrogen-bond donors (Lipinski definition) is 4. The summed E-state index contributed by atoms with van der Waals surface area (Å²) in [5.41, 5.74) is 28.2. The number of halogens is 5. The van der Waals surface area contributed by atoms with Crippen molar-refractivity contribution >= 4 is 110 Å². The molecule has 0 radical (unpaired) electrons. The summed E-state index contributed by atoms with van der Waals surface area (Å²) in [7, 11) is 0.0255. The molecule has 22 rings (SSSR count). The van der Waals surface area contributed by atoms with Crippen molar-refractivity contribution in [3.05, 3.63) is 298 Å². The maximum atomic E-state index is 13.3. The topological polar surface area (TPSA) is 262 Å². The van der Waals surface area contributed by atoms with E-state index in [2.05, 4.69) is 229 Å². The van der Waals surface area contributed by atoms with Crippen LogP contribution in [0.1, 0.15) is 162 Å². The second kappa shape index (κ2) is 46.7. The van der Waals surface area contributed by atoms with E-state index in [4.69, 9.17) is 15.3 Å². The molecule has 5 N–H and O–H groups in total. The molecule has 138 heavy (non-hydrogen) atoms. The summed E-state index contributed by atoms with van der Waals surface area (Å²) in [5, 5.41) is 46.3. The zero-order valence-electron chi connectivity index (χ0n) is 77.3. The predicted octanol–water partition coefficient (Wildman–Crippen LogP) is 20.7.